The van der Waals surface area contributed by atoms with Crippen LogP contribution in [0.2, 0.25) is 0 Å². The Bertz CT molecular complexity index is 204. The first-order chi connectivity index (χ1) is 7.38. The van der Waals surface area contributed by atoms with Crippen LogP contribution in [0.1, 0.15) is 47.5 Å². The molecule has 0 aromatic carbocycles. The van der Waals surface area contributed by atoms with Gasteiger partial charge in [0.15, 0.2) is 0 Å². The molecule has 0 radical (unpaired) electrons. The number of carbonyl (C=O) groups is 1. The van der Waals surface area contributed by atoms with Gasteiger partial charge in [0.25, 0.3) is 0 Å². The summed E-state index contributed by atoms with van der Waals surface area (Å²) < 4.78 is 0. The zero-order valence-corrected chi connectivity index (χ0v) is 11.7. The van der Waals surface area contributed by atoms with Crippen molar-refractivity contribution in [3.63, 3.8) is 0 Å². The summed E-state index contributed by atoms with van der Waals surface area (Å²) in [5.41, 5.74) is 0. The fourth-order valence-corrected chi connectivity index (χ4v) is 1.91. The molecule has 0 bridgehead atoms. The molecular formula is C13H28N2O. The van der Waals surface area contributed by atoms with Crippen molar-refractivity contribution in [2.24, 2.45) is 5.92 Å². The van der Waals surface area contributed by atoms with Crippen LogP contribution >= 0.6 is 0 Å². The molecule has 2 atom stereocenters. The van der Waals surface area contributed by atoms with Gasteiger partial charge in [-0.05, 0) is 32.7 Å². The van der Waals surface area contributed by atoms with Crippen LogP contribution in [-0.4, -0.2) is 36.5 Å². The molecular weight excluding hydrogens is 200 g/mol. The van der Waals surface area contributed by atoms with Crippen molar-refractivity contribution in [2.45, 2.75) is 59.5 Å². The molecule has 3 heteroatoms. The van der Waals surface area contributed by atoms with E-state index in [1.165, 1.54) is 0 Å². The van der Waals surface area contributed by atoms with Gasteiger partial charge in [0, 0.05) is 25.6 Å². The first-order valence-electron chi connectivity index (χ1n) is 6.37. The number of nitrogens with zero attached hydrogens (tertiary/aromatic N) is 1. The van der Waals surface area contributed by atoms with E-state index in [1.807, 2.05) is 11.9 Å². The number of nitrogens with one attached hydrogen (secondary N) is 1. The molecule has 16 heavy (non-hydrogen) atoms. The maximum atomic E-state index is 11.9. The molecule has 0 heterocycles. The lowest BCUT2D eigenvalue weighted by molar-refractivity contribution is -0.132. The van der Waals surface area contributed by atoms with Crippen molar-refractivity contribution in [2.75, 3.05) is 13.6 Å². The number of rotatable bonds is 7. The van der Waals surface area contributed by atoms with Crippen LogP contribution < -0.4 is 5.32 Å². The molecule has 96 valence electrons. The van der Waals surface area contributed by atoms with E-state index < -0.39 is 0 Å². The smallest absolute Gasteiger partial charge is 0.224 e. The topological polar surface area (TPSA) is 32.3 Å². The van der Waals surface area contributed by atoms with Crippen LogP contribution in [0.15, 0.2) is 0 Å². The highest BCUT2D eigenvalue weighted by atomic mass is 16.2. The summed E-state index contributed by atoms with van der Waals surface area (Å²) in [6.07, 6.45) is 1.66. The third kappa shape index (κ3) is 6.11. The predicted molar refractivity (Wildman–Crippen MR) is 69.4 cm³/mol. The lowest BCUT2D eigenvalue weighted by Crippen LogP contribution is -2.39. The molecule has 3 nitrogen and oxygen atoms in total. The zero-order chi connectivity index (χ0) is 12.7. The Morgan fingerprint density at radius 1 is 1.25 bits per heavy atom. The summed E-state index contributed by atoms with van der Waals surface area (Å²) in [7, 11) is 1.91. The molecule has 0 fully saturated rings. The fourth-order valence-electron chi connectivity index (χ4n) is 1.91. The Morgan fingerprint density at radius 3 is 2.25 bits per heavy atom. The Morgan fingerprint density at radius 2 is 1.81 bits per heavy atom. The normalized spacial score (nSPS) is 14.9. The van der Waals surface area contributed by atoms with E-state index in [0.29, 0.717) is 18.4 Å². The second kappa shape index (κ2) is 7.66. The largest absolute Gasteiger partial charge is 0.343 e. The summed E-state index contributed by atoms with van der Waals surface area (Å²) in [6, 6.07) is 0.604. The molecule has 0 saturated heterocycles. The first kappa shape index (κ1) is 15.4. The first-order valence-corrected chi connectivity index (χ1v) is 6.37. The van der Waals surface area contributed by atoms with Gasteiger partial charge >= 0.3 is 0 Å². The summed E-state index contributed by atoms with van der Waals surface area (Å²) in [4.78, 5) is 13.8. The predicted octanol–water partition coefficient (Wildman–Crippen LogP) is 2.27. The maximum Gasteiger partial charge on any atom is 0.224 e. The van der Waals surface area contributed by atoms with E-state index in [4.69, 9.17) is 0 Å². The molecule has 1 N–H and O–H groups in total. The van der Waals surface area contributed by atoms with E-state index >= 15 is 0 Å². The second-order valence-corrected chi connectivity index (χ2v) is 5.15. The van der Waals surface area contributed by atoms with Gasteiger partial charge in [0.05, 0.1) is 0 Å². The van der Waals surface area contributed by atoms with E-state index in [-0.39, 0.29) is 11.9 Å². The Labute approximate surface area is 101 Å². The van der Waals surface area contributed by atoms with Gasteiger partial charge in [0.2, 0.25) is 5.91 Å². The molecule has 0 aliphatic rings. The van der Waals surface area contributed by atoms with Gasteiger partial charge in [-0.25, -0.2) is 0 Å². The third-order valence-electron chi connectivity index (χ3n) is 2.90. The quantitative estimate of drug-likeness (QED) is 0.725. The Kier molecular flexibility index (Phi) is 7.39. The molecule has 0 aliphatic heterocycles. The minimum absolute atomic E-state index is 0.238. The van der Waals surface area contributed by atoms with E-state index in [2.05, 4.69) is 39.9 Å². The Balaban J connectivity index is 4.06. The summed E-state index contributed by atoms with van der Waals surface area (Å²) in [5.74, 6) is 0.873. The summed E-state index contributed by atoms with van der Waals surface area (Å²) >= 11 is 0. The molecule has 1 amide bonds. The summed E-state index contributed by atoms with van der Waals surface area (Å²) in [6.45, 7) is 11.5. The van der Waals surface area contributed by atoms with Crippen LogP contribution in [-0.2, 0) is 4.79 Å². The second-order valence-electron chi connectivity index (χ2n) is 5.15. The van der Waals surface area contributed by atoms with Crippen LogP contribution in [0, 0.1) is 5.92 Å². The van der Waals surface area contributed by atoms with Crippen molar-refractivity contribution in [3.8, 4) is 0 Å². The van der Waals surface area contributed by atoms with Crippen molar-refractivity contribution >= 4 is 5.91 Å². The molecule has 2 unspecified atom stereocenters. The van der Waals surface area contributed by atoms with Gasteiger partial charge in [-0.3, -0.25) is 4.79 Å². The highest BCUT2D eigenvalue weighted by molar-refractivity contribution is 5.76. The lowest BCUT2D eigenvalue weighted by atomic mass is 10.0. The maximum absolute atomic E-state index is 11.9. The van der Waals surface area contributed by atoms with Crippen LogP contribution in [0.25, 0.3) is 0 Å². The van der Waals surface area contributed by atoms with Gasteiger partial charge < -0.3 is 10.2 Å². The molecule has 0 spiro atoms. The van der Waals surface area contributed by atoms with Crippen molar-refractivity contribution < 1.29 is 4.79 Å². The van der Waals surface area contributed by atoms with Gasteiger partial charge in [-0.15, -0.1) is 0 Å². The average Bonchev–Trinajstić information content (AvgIpc) is 2.15. The summed E-state index contributed by atoms with van der Waals surface area (Å²) in [5, 5.41) is 3.26. The van der Waals surface area contributed by atoms with Gasteiger partial charge in [-0.1, -0.05) is 20.8 Å². The highest BCUT2D eigenvalue weighted by Gasteiger charge is 2.18. The minimum atomic E-state index is 0.238. The molecule has 0 aromatic rings. The minimum Gasteiger partial charge on any atom is -0.343 e. The molecule has 0 aliphatic carbocycles. The molecule has 0 aromatic heterocycles. The Hall–Kier alpha value is -0.570. The highest BCUT2D eigenvalue weighted by Crippen LogP contribution is 2.11. The van der Waals surface area contributed by atoms with Crippen LogP contribution in [0.4, 0.5) is 0 Å². The standard InChI is InChI=1S/C13H28N2O/c1-7-14-11(4)9-13(16)15(6)12(5)8-10(2)3/h10-12,14H,7-9H2,1-6H3. The van der Waals surface area contributed by atoms with Crippen LogP contribution in [0.3, 0.4) is 0 Å². The number of carbonyl (C=O) groups excluding carboxylic acids is 1. The average molecular weight is 228 g/mol. The molecule has 0 rings (SSSR count). The number of amides is 1. The lowest BCUT2D eigenvalue weighted by Gasteiger charge is -2.27. The van der Waals surface area contributed by atoms with Crippen molar-refractivity contribution in [1.82, 2.24) is 10.2 Å². The number of hydrogen-bond acceptors (Lipinski definition) is 2. The van der Waals surface area contributed by atoms with E-state index in [9.17, 15) is 4.79 Å². The van der Waals surface area contributed by atoms with E-state index in [1.54, 1.807) is 0 Å². The van der Waals surface area contributed by atoms with Crippen LogP contribution in [0.5, 0.6) is 0 Å². The SMILES string of the molecule is CCNC(C)CC(=O)N(C)C(C)CC(C)C. The van der Waals surface area contributed by atoms with Gasteiger partial charge in [0.1, 0.15) is 0 Å². The zero-order valence-electron chi connectivity index (χ0n) is 11.7. The van der Waals surface area contributed by atoms with Crippen molar-refractivity contribution in [1.29, 1.82) is 0 Å². The third-order valence-corrected chi connectivity index (χ3v) is 2.90. The molecule has 0 saturated carbocycles. The fraction of sp³-hybridized carbons (Fsp3) is 0.923. The van der Waals surface area contributed by atoms with Crippen molar-refractivity contribution in [3.05, 3.63) is 0 Å². The van der Waals surface area contributed by atoms with Gasteiger partial charge in [-0.2, -0.15) is 0 Å². The number of hydrogen-bond donors (Lipinski definition) is 1. The van der Waals surface area contributed by atoms with E-state index in [0.717, 1.165) is 13.0 Å². The monoisotopic (exact) mass is 228 g/mol.